The number of rotatable bonds is 8. The Morgan fingerprint density at radius 3 is 2.04 bits per heavy atom. The number of carboxylic acid groups (broad SMARTS) is 1. The predicted molar refractivity (Wildman–Crippen MR) is 188 cm³/mol. The first-order valence-corrected chi connectivity index (χ1v) is 20.5. The van der Waals surface area contributed by atoms with Crippen molar-refractivity contribution in [3.8, 4) is 0 Å². The molecule has 5 rings (SSSR count). The molecule has 2 amide bonds. The number of hydrogen-bond donors (Lipinski definition) is 1. The van der Waals surface area contributed by atoms with Gasteiger partial charge in [0.2, 0.25) is 0 Å². The fourth-order valence-electron chi connectivity index (χ4n) is 8.03. The summed E-state index contributed by atoms with van der Waals surface area (Å²) >= 11 is 12.7. The quantitative estimate of drug-likeness (QED) is 0.285. The number of carbonyl (C=O) groups is 3. The number of ether oxygens (including phenoxy) is 1. The second kappa shape index (κ2) is 16.8. The molecule has 1 spiro atoms. The van der Waals surface area contributed by atoms with Crippen molar-refractivity contribution in [2.45, 2.75) is 113 Å². The van der Waals surface area contributed by atoms with Crippen LogP contribution in [0, 0.1) is 11.8 Å². The third-order valence-corrected chi connectivity index (χ3v) is 12.9. The highest BCUT2D eigenvalue weighted by Gasteiger charge is 2.52. The smallest absolute Gasteiger partial charge is 0.475 e. The number of nitrogens with zero attached hydrogens (tertiary/aromatic N) is 3. The summed E-state index contributed by atoms with van der Waals surface area (Å²) in [6, 6.07) is 2.60. The van der Waals surface area contributed by atoms with Crippen LogP contribution in [0.5, 0.6) is 0 Å². The monoisotopic (exact) mass is 783 g/mol. The Kier molecular flexibility index (Phi) is 13.7. The van der Waals surface area contributed by atoms with Crippen LogP contribution >= 0.6 is 23.2 Å². The van der Waals surface area contributed by atoms with Gasteiger partial charge in [-0.2, -0.15) is 13.2 Å². The summed E-state index contributed by atoms with van der Waals surface area (Å²) in [7, 11) is -3.50. The molecule has 16 heteroatoms. The number of carbonyl (C=O) groups excluding carboxylic acids is 2. The largest absolute Gasteiger partial charge is 0.490 e. The first kappa shape index (κ1) is 41.5. The highest BCUT2D eigenvalue weighted by Crippen LogP contribution is 2.44. The minimum atomic E-state index is -5.08. The molecule has 1 aliphatic carbocycles. The van der Waals surface area contributed by atoms with Crippen LogP contribution in [-0.4, -0.2) is 109 Å². The van der Waals surface area contributed by atoms with Gasteiger partial charge in [-0.3, -0.25) is 9.69 Å². The van der Waals surface area contributed by atoms with Crippen LogP contribution < -0.4 is 0 Å². The average molecular weight is 785 g/mol. The van der Waals surface area contributed by atoms with E-state index in [-0.39, 0.29) is 43.6 Å². The minimum Gasteiger partial charge on any atom is -0.475 e. The van der Waals surface area contributed by atoms with Gasteiger partial charge in [0.15, 0.2) is 9.84 Å². The number of amides is 2. The number of halogens is 5. The Hall–Kier alpha value is -2.29. The summed E-state index contributed by atoms with van der Waals surface area (Å²) in [6.45, 7) is 9.02. The van der Waals surface area contributed by atoms with Gasteiger partial charge in [0.05, 0.1) is 20.5 Å². The summed E-state index contributed by atoms with van der Waals surface area (Å²) in [5.41, 5.74) is -0.305. The van der Waals surface area contributed by atoms with Crippen LogP contribution in [0.3, 0.4) is 0 Å². The van der Waals surface area contributed by atoms with E-state index in [0.717, 1.165) is 77.4 Å². The normalized spacial score (nSPS) is 23.0. The molecule has 0 radical (unpaired) electrons. The molecule has 3 heterocycles. The van der Waals surface area contributed by atoms with E-state index in [2.05, 4.69) is 18.7 Å². The summed E-state index contributed by atoms with van der Waals surface area (Å²) in [5.74, 6) is -2.06. The number of alkyl halides is 3. The Morgan fingerprint density at radius 2 is 1.55 bits per heavy atom. The molecule has 0 aromatic heterocycles. The molecule has 3 saturated heterocycles. The van der Waals surface area contributed by atoms with Gasteiger partial charge >= 0.3 is 18.2 Å². The lowest BCUT2D eigenvalue weighted by atomic mass is 9.74. The molecule has 51 heavy (non-hydrogen) atoms. The van der Waals surface area contributed by atoms with Crippen molar-refractivity contribution in [1.82, 2.24) is 14.7 Å². The maximum atomic E-state index is 13.4. The van der Waals surface area contributed by atoms with E-state index in [9.17, 15) is 31.2 Å². The Morgan fingerprint density at radius 1 is 1.00 bits per heavy atom. The van der Waals surface area contributed by atoms with Gasteiger partial charge in [0.25, 0.3) is 5.91 Å². The number of carboxylic acids is 1. The summed E-state index contributed by atoms with van der Waals surface area (Å²) in [5, 5.41) is 7.23. The molecule has 1 saturated carbocycles. The topological polar surface area (TPSA) is 125 Å². The Bertz CT molecular complexity index is 1500. The SMILES string of the molecule is CCCCC1CN(CC2CCCCC2)C(=O)OC12CCN(C1(C)CCN(C(=O)c3c(Cl)cc(S(C)(=O)=O)cc3Cl)CC1)CC2.O=C(O)C(F)(F)F. The van der Waals surface area contributed by atoms with Crippen molar-refractivity contribution in [2.75, 3.05) is 45.5 Å². The number of hydrogen-bond acceptors (Lipinski definition) is 7. The van der Waals surface area contributed by atoms with Crippen molar-refractivity contribution < 1.29 is 45.8 Å². The van der Waals surface area contributed by atoms with Crippen molar-refractivity contribution in [1.29, 1.82) is 0 Å². The average Bonchev–Trinajstić information content (AvgIpc) is 3.05. The van der Waals surface area contributed by atoms with E-state index in [1.165, 1.54) is 44.2 Å². The minimum absolute atomic E-state index is 0.00403. The molecule has 0 bridgehead atoms. The first-order valence-electron chi connectivity index (χ1n) is 17.8. The van der Waals surface area contributed by atoms with E-state index in [1.54, 1.807) is 4.90 Å². The van der Waals surface area contributed by atoms with Gasteiger partial charge in [-0.15, -0.1) is 0 Å². The summed E-state index contributed by atoms with van der Waals surface area (Å²) < 4.78 is 62.1. The predicted octanol–water partition coefficient (Wildman–Crippen LogP) is 7.70. The number of sulfone groups is 1. The molecule has 288 valence electrons. The van der Waals surface area contributed by atoms with Crippen molar-refractivity contribution in [3.05, 3.63) is 27.7 Å². The molecule has 1 N–H and O–H groups in total. The van der Waals surface area contributed by atoms with Crippen LogP contribution in [0.2, 0.25) is 10.0 Å². The molecule has 1 aromatic rings. The maximum Gasteiger partial charge on any atom is 0.490 e. The van der Waals surface area contributed by atoms with Gasteiger partial charge in [-0.25, -0.2) is 18.0 Å². The van der Waals surface area contributed by atoms with Gasteiger partial charge in [0, 0.05) is 69.8 Å². The molecule has 1 aromatic carbocycles. The van der Waals surface area contributed by atoms with Crippen LogP contribution in [0.15, 0.2) is 17.0 Å². The third kappa shape index (κ3) is 10.2. The molecule has 4 aliphatic rings. The number of benzene rings is 1. The van der Waals surface area contributed by atoms with Gasteiger partial charge in [0.1, 0.15) is 5.60 Å². The first-order chi connectivity index (χ1) is 23.8. The molecule has 3 aliphatic heterocycles. The van der Waals surface area contributed by atoms with Gasteiger partial charge in [-0.1, -0.05) is 62.2 Å². The van der Waals surface area contributed by atoms with Crippen LogP contribution in [0.25, 0.3) is 0 Å². The van der Waals surface area contributed by atoms with Crippen LogP contribution in [0.4, 0.5) is 18.0 Å². The second-order valence-electron chi connectivity index (χ2n) is 14.8. The summed E-state index contributed by atoms with van der Waals surface area (Å²) in [4.78, 5) is 42.0. The lowest BCUT2D eigenvalue weighted by Crippen LogP contribution is -2.63. The van der Waals surface area contributed by atoms with Crippen molar-refractivity contribution >= 4 is 51.0 Å². The zero-order chi connectivity index (χ0) is 37.8. The number of unbranched alkanes of at least 4 members (excludes halogenated alkanes) is 1. The zero-order valence-corrected chi connectivity index (χ0v) is 31.9. The van der Waals surface area contributed by atoms with E-state index in [1.807, 2.05) is 4.90 Å². The summed E-state index contributed by atoms with van der Waals surface area (Å²) in [6.07, 6.45) is 8.88. The lowest BCUT2D eigenvalue weighted by Gasteiger charge is -2.55. The fraction of sp³-hybridized carbons (Fsp3) is 0.743. The molecule has 1 unspecified atom stereocenters. The highest BCUT2D eigenvalue weighted by atomic mass is 35.5. The van der Waals surface area contributed by atoms with Gasteiger partial charge in [-0.05, 0) is 57.1 Å². The van der Waals surface area contributed by atoms with E-state index in [0.29, 0.717) is 24.9 Å². The Labute approximate surface area is 308 Å². The standard InChI is InChI=1S/C33H49Cl2N3O5S.C2HF3O2/c1-4-5-11-25-23-37(22-24-9-7-6-8-10-24)31(40)43-33(25)14-18-38(19-15-33)32(2)12-16-36(17-13-32)30(39)29-27(34)20-26(21-28(29)35)44(3,41)42;3-2(4,5)1(6)7/h20-21,24-25H,4-19,22-23H2,1-3H3;(H,6,7). The van der Waals surface area contributed by atoms with Crippen molar-refractivity contribution in [2.24, 2.45) is 11.8 Å². The molecule has 1 atom stereocenters. The van der Waals surface area contributed by atoms with E-state index in [4.69, 9.17) is 37.8 Å². The van der Waals surface area contributed by atoms with Gasteiger partial charge < -0.3 is 19.6 Å². The number of likely N-dealkylation sites (tertiary alicyclic amines) is 2. The number of piperidine rings is 2. The molecule has 10 nitrogen and oxygen atoms in total. The van der Waals surface area contributed by atoms with Crippen LogP contribution in [0.1, 0.15) is 101 Å². The molecular weight excluding hydrogens is 734 g/mol. The number of aliphatic carboxylic acids is 1. The second-order valence-corrected chi connectivity index (χ2v) is 17.6. The molecule has 4 fully saturated rings. The van der Waals surface area contributed by atoms with E-state index < -0.39 is 22.0 Å². The Balaban J connectivity index is 0.000000755. The third-order valence-electron chi connectivity index (χ3n) is 11.2. The zero-order valence-electron chi connectivity index (χ0n) is 29.6. The van der Waals surface area contributed by atoms with Crippen molar-refractivity contribution in [3.63, 3.8) is 0 Å². The van der Waals surface area contributed by atoms with Crippen LogP contribution in [-0.2, 0) is 19.4 Å². The maximum absolute atomic E-state index is 13.4. The lowest BCUT2D eigenvalue weighted by molar-refractivity contribution is -0.192. The highest BCUT2D eigenvalue weighted by molar-refractivity contribution is 7.90. The molecular formula is C35H50Cl2F3N3O7S. The van der Waals surface area contributed by atoms with E-state index >= 15 is 0 Å². The fourth-order valence-corrected chi connectivity index (χ4v) is 9.48.